The lowest BCUT2D eigenvalue weighted by Gasteiger charge is -2.15. The maximum absolute atomic E-state index is 12.9. The minimum absolute atomic E-state index is 0.0501. The second-order valence-corrected chi connectivity index (χ2v) is 4.15. The third kappa shape index (κ3) is 4.92. The van der Waals surface area contributed by atoms with E-state index in [9.17, 15) is 18.9 Å². The van der Waals surface area contributed by atoms with Gasteiger partial charge in [0.2, 0.25) is 0 Å². The van der Waals surface area contributed by atoms with Crippen molar-refractivity contribution in [3.63, 3.8) is 0 Å². The number of nitrogens with one attached hydrogen (secondary N) is 2. The van der Waals surface area contributed by atoms with E-state index in [1.54, 1.807) is 0 Å². The highest BCUT2D eigenvalue weighted by atomic mass is 19.3. The van der Waals surface area contributed by atoms with Crippen molar-refractivity contribution in [2.24, 2.45) is 0 Å². The largest absolute Gasteiger partial charge is 0.390 e. The van der Waals surface area contributed by atoms with Crippen molar-refractivity contribution in [1.82, 2.24) is 4.98 Å². The molecule has 7 nitrogen and oxygen atoms in total. The van der Waals surface area contributed by atoms with Gasteiger partial charge < -0.3 is 15.7 Å². The van der Waals surface area contributed by atoms with E-state index in [1.807, 2.05) is 6.92 Å². The van der Waals surface area contributed by atoms with Crippen LogP contribution in [0.2, 0.25) is 0 Å². The van der Waals surface area contributed by atoms with E-state index in [4.69, 9.17) is 5.11 Å². The van der Waals surface area contributed by atoms with Crippen LogP contribution >= 0.6 is 0 Å². The fourth-order valence-electron chi connectivity index (χ4n) is 1.33. The number of rotatable bonds is 8. The lowest BCUT2D eigenvalue weighted by atomic mass is 10.3. The number of nitro groups is 1. The van der Waals surface area contributed by atoms with E-state index in [-0.39, 0.29) is 17.3 Å². The molecule has 1 aromatic heterocycles. The predicted molar refractivity (Wildman–Crippen MR) is 70.2 cm³/mol. The van der Waals surface area contributed by atoms with Gasteiger partial charge in [-0.3, -0.25) is 10.1 Å². The number of aliphatic hydroxyl groups excluding tert-OH is 1. The lowest BCUT2D eigenvalue weighted by Crippen LogP contribution is -2.31. The number of pyridine rings is 1. The molecule has 20 heavy (non-hydrogen) atoms. The molecule has 0 radical (unpaired) electrons. The number of nitrogens with zero attached hydrogens (tertiary/aromatic N) is 2. The molecular weight excluding hydrogens is 274 g/mol. The highest BCUT2D eigenvalue weighted by Gasteiger charge is 2.27. The Morgan fingerprint density at radius 2 is 2.00 bits per heavy atom. The molecule has 0 saturated heterocycles. The lowest BCUT2D eigenvalue weighted by molar-refractivity contribution is -0.384. The maximum Gasteiger partial charge on any atom is 0.287 e. The molecule has 0 bridgehead atoms. The van der Waals surface area contributed by atoms with E-state index in [0.717, 1.165) is 12.5 Å². The van der Waals surface area contributed by atoms with E-state index < -0.39 is 24.0 Å². The molecule has 0 atom stereocenters. The number of alkyl halides is 2. The molecule has 0 saturated carbocycles. The summed E-state index contributed by atoms with van der Waals surface area (Å²) in [7, 11) is 0. The van der Waals surface area contributed by atoms with Crippen molar-refractivity contribution in [1.29, 1.82) is 0 Å². The van der Waals surface area contributed by atoms with Gasteiger partial charge in [0.05, 0.1) is 23.6 Å². The summed E-state index contributed by atoms with van der Waals surface area (Å²) >= 11 is 0. The van der Waals surface area contributed by atoms with E-state index in [1.165, 1.54) is 6.07 Å². The Bertz CT molecular complexity index is 471. The molecule has 1 aromatic rings. The van der Waals surface area contributed by atoms with Gasteiger partial charge >= 0.3 is 0 Å². The Morgan fingerprint density at radius 3 is 2.50 bits per heavy atom. The number of hydrogen-bond acceptors (Lipinski definition) is 6. The van der Waals surface area contributed by atoms with Gasteiger partial charge in [-0.1, -0.05) is 6.92 Å². The first-order chi connectivity index (χ1) is 9.38. The highest BCUT2D eigenvalue weighted by Crippen LogP contribution is 2.22. The normalized spacial score (nSPS) is 11.2. The van der Waals surface area contributed by atoms with Crippen molar-refractivity contribution in [3.05, 3.63) is 22.2 Å². The monoisotopic (exact) mass is 290 g/mol. The van der Waals surface area contributed by atoms with Gasteiger partial charge in [-0.05, 0) is 6.42 Å². The standard InChI is InChI=1S/C11H16F2N4O3/c1-2-3-14-9-4-8(17(19)20)5-10(16-9)15-6-11(12,13)7-18/h4-5,18H,2-3,6-7H2,1H3,(H2,14,15,16). The Balaban J connectivity index is 2.88. The summed E-state index contributed by atoms with van der Waals surface area (Å²) in [6, 6.07) is 2.29. The van der Waals surface area contributed by atoms with Crippen LogP contribution in [0, 0.1) is 10.1 Å². The minimum Gasteiger partial charge on any atom is -0.390 e. The molecule has 0 fully saturated rings. The van der Waals surface area contributed by atoms with Crippen LogP contribution in [0.3, 0.4) is 0 Å². The molecule has 0 aliphatic heterocycles. The summed E-state index contributed by atoms with van der Waals surface area (Å²) in [5.41, 5.74) is -0.256. The average Bonchev–Trinajstić information content (AvgIpc) is 2.43. The van der Waals surface area contributed by atoms with Gasteiger partial charge in [0.15, 0.2) is 0 Å². The summed E-state index contributed by atoms with van der Waals surface area (Å²) in [4.78, 5) is 14.1. The maximum atomic E-state index is 12.9. The van der Waals surface area contributed by atoms with Crippen LogP contribution < -0.4 is 10.6 Å². The first-order valence-electron chi connectivity index (χ1n) is 6.01. The zero-order chi connectivity index (χ0) is 15.2. The van der Waals surface area contributed by atoms with Gasteiger partial charge in [-0.25, -0.2) is 13.8 Å². The molecule has 0 aliphatic rings. The van der Waals surface area contributed by atoms with Crippen molar-refractivity contribution in [3.8, 4) is 0 Å². The summed E-state index contributed by atoms with van der Waals surface area (Å²) in [5.74, 6) is -3.13. The highest BCUT2D eigenvalue weighted by molar-refractivity contribution is 5.54. The number of aromatic nitrogens is 1. The van der Waals surface area contributed by atoms with E-state index >= 15 is 0 Å². The first kappa shape index (κ1) is 16.0. The summed E-state index contributed by atoms with van der Waals surface area (Å²) < 4.78 is 25.8. The van der Waals surface area contributed by atoms with E-state index in [2.05, 4.69) is 15.6 Å². The molecule has 0 aliphatic carbocycles. The molecule has 1 heterocycles. The zero-order valence-corrected chi connectivity index (χ0v) is 10.9. The van der Waals surface area contributed by atoms with Crippen LogP contribution in [0.15, 0.2) is 12.1 Å². The Morgan fingerprint density at radius 1 is 1.40 bits per heavy atom. The van der Waals surface area contributed by atoms with Crippen LogP contribution in [0.5, 0.6) is 0 Å². The van der Waals surface area contributed by atoms with Gasteiger partial charge in [-0.15, -0.1) is 0 Å². The first-order valence-corrected chi connectivity index (χ1v) is 6.01. The van der Waals surface area contributed by atoms with Crippen LogP contribution in [-0.2, 0) is 0 Å². The van der Waals surface area contributed by atoms with Gasteiger partial charge in [0, 0.05) is 6.54 Å². The molecule has 0 unspecified atom stereocenters. The molecule has 0 amide bonds. The number of hydrogen-bond donors (Lipinski definition) is 3. The van der Waals surface area contributed by atoms with E-state index in [0.29, 0.717) is 6.54 Å². The van der Waals surface area contributed by atoms with Crippen LogP contribution in [0.4, 0.5) is 26.1 Å². The summed E-state index contributed by atoms with van der Waals surface area (Å²) in [5, 5.41) is 24.4. The second kappa shape index (κ2) is 6.94. The van der Waals surface area contributed by atoms with Crippen molar-refractivity contribution in [2.75, 3.05) is 30.3 Å². The average molecular weight is 290 g/mol. The minimum atomic E-state index is -3.32. The summed E-state index contributed by atoms with van der Waals surface area (Å²) in [6.45, 7) is 0.298. The number of halogens is 2. The van der Waals surface area contributed by atoms with Crippen LogP contribution in [-0.4, -0.2) is 40.6 Å². The quantitative estimate of drug-likeness (QED) is 0.499. The Kier molecular flexibility index (Phi) is 5.56. The third-order valence-corrected chi connectivity index (χ3v) is 2.34. The van der Waals surface area contributed by atoms with Gasteiger partial charge in [0.25, 0.3) is 11.6 Å². The molecule has 1 rings (SSSR count). The van der Waals surface area contributed by atoms with Gasteiger partial charge in [-0.2, -0.15) is 0 Å². The number of aliphatic hydroxyl groups is 1. The van der Waals surface area contributed by atoms with Crippen LogP contribution in [0.25, 0.3) is 0 Å². The fourth-order valence-corrected chi connectivity index (χ4v) is 1.33. The molecule has 9 heteroatoms. The van der Waals surface area contributed by atoms with Gasteiger partial charge in [0.1, 0.15) is 18.2 Å². The fraction of sp³-hybridized carbons (Fsp3) is 0.545. The number of anilines is 2. The zero-order valence-electron chi connectivity index (χ0n) is 10.9. The van der Waals surface area contributed by atoms with Crippen LogP contribution in [0.1, 0.15) is 13.3 Å². The summed E-state index contributed by atoms with van der Waals surface area (Å²) in [6.07, 6.45) is 0.787. The Labute approximate surface area is 114 Å². The smallest absolute Gasteiger partial charge is 0.287 e. The van der Waals surface area contributed by atoms with Crippen molar-refractivity contribution >= 4 is 17.3 Å². The molecule has 0 spiro atoms. The molecule has 112 valence electrons. The molecule has 3 N–H and O–H groups in total. The predicted octanol–water partition coefficient (Wildman–Crippen LogP) is 1.85. The Hall–Kier alpha value is -2.03. The molecular formula is C11H16F2N4O3. The topological polar surface area (TPSA) is 100 Å². The van der Waals surface area contributed by atoms with Crippen molar-refractivity contribution in [2.45, 2.75) is 19.3 Å². The second-order valence-electron chi connectivity index (χ2n) is 4.15. The molecule has 0 aromatic carbocycles. The third-order valence-electron chi connectivity index (χ3n) is 2.34. The SMILES string of the molecule is CCCNc1cc([N+](=O)[O-])cc(NCC(F)(F)CO)n1. The van der Waals surface area contributed by atoms with Crippen molar-refractivity contribution < 1.29 is 18.8 Å².